The van der Waals surface area contributed by atoms with Gasteiger partial charge in [-0.25, -0.2) is 0 Å². The molecule has 166 valence electrons. The Morgan fingerprint density at radius 2 is 1.74 bits per heavy atom. The fourth-order valence-corrected chi connectivity index (χ4v) is 3.26. The van der Waals surface area contributed by atoms with Crippen LogP contribution in [0.25, 0.3) is 0 Å². The van der Waals surface area contributed by atoms with Crippen LogP contribution in [0, 0.1) is 5.92 Å². The third-order valence-electron chi connectivity index (χ3n) is 5.32. The maximum Gasteiger partial charge on any atom is 0.243 e. The molecule has 7 nitrogen and oxygen atoms in total. The van der Waals surface area contributed by atoms with Crippen molar-refractivity contribution in [2.45, 2.75) is 51.6 Å². The smallest absolute Gasteiger partial charge is 0.243 e. The molecule has 1 aromatic carbocycles. The lowest BCUT2D eigenvalue weighted by atomic mass is 9.96. The maximum atomic E-state index is 13.0. The normalized spacial score (nSPS) is 13.6. The number of pyridine rings is 1. The Kier molecular flexibility index (Phi) is 9.84. The Morgan fingerprint density at radius 3 is 2.35 bits per heavy atom. The number of nitrogens with one attached hydrogen (secondary N) is 2. The number of hydrogen-bond donors (Lipinski definition) is 3. The minimum absolute atomic E-state index is 0.112. The third-order valence-corrected chi connectivity index (χ3v) is 5.32. The van der Waals surface area contributed by atoms with Crippen molar-refractivity contribution in [2.24, 2.45) is 5.92 Å². The highest BCUT2D eigenvalue weighted by Gasteiger charge is 2.29. The predicted molar refractivity (Wildman–Crippen MR) is 118 cm³/mol. The van der Waals surface area contributed by atoms with Crippen LogP contribution in [-0.2, 0) is 27.2 Å². The van der Waals surface area contributed by atoms with E-state index in [4.69, 9.17) is 0 Å². The molecular weight excluding hydrogens is 394 g/mol. The second-order valence-electron chi connectivity index (χ2n) is 7.68. The van der Waals surface area contributed by atoms with E-state index < -0.39 is 30.4 Å². The molecule has 1 aromatic heterocycles. The van der Waals surface area contributed by atoms with Gasteiger partial charge in [-0.1, -0.05) is 56.7 Å². The largest absolute Gasteiger partial charge is 0.389 e. The summed E-state index contributed by atoms with van der Waals surface area (Å²) in [6.07, 6.45) is 4.97. The number of Topliss-reactive ketones (excluding diaryl/α,β-unsaturated/α-hetero) is 1. The number of benzene rings is 1. The number of rotatable bonds is 12. The summed E-state index contributed by atoms with van der Waals surface area (Å²) in [7, 11) is 0. The van der Waals surface area contributed by atoms with Crippen molar-refractivity contribution < 1.29 is 19.5 Å². The van der Waals surface area contributed by atoms with Gasteiger partial charge < -0.3 is 15.7 Å². The van der Waals surface area contributed by atoms with Gasteiger partial charge in [0.2, 0.25) is 11.8 Å². The van der Waals surface area contributed by atoms with E-state index in [0.717, 1.165) is 11.1 Å². The first-order valence-corrected chi connectivity index (χ1v) is 10.6. The number of ketones is 1. The summed E-state index contributed by atoms with van der Waals surface area (Å²) in [5.41, 5.74) is 1.79. The van der Waals surface area contributed by atoms with Crippen LogP contribution < -0.4 is 10.6 Å². The van der Waals surface area contributed by atoms with E-state index in [2.05, 4.69) is 15.6 Å². The fraction of sp³-hybridized carbons (Fsp3) is 0.417. The topological polar surface area (TPSA) is 108 Å². The summed E-state index contributed by atoms with van der Waals surface area (Å²) < 4.78 is 0. The summed E-state index contributed by atoms with van der Waals surface area (Å²) >= 11 is 0. The Labute approximate surface area is 183 Å². The van der Waals surface area contributed by atoms with Crippen LogP contribution in [0.3, 0.4) is 0 Å². The van der Waals surface area contributed by atoms with Crippen molar-refractivity contribution >= 4 is 17.6 Å². The van der Waals surface area contributed by atoms with Gasteiger partial charge >= 0.3 is 0 Å². The number of carbonyl (C=O) groups excluding carboxylic acids is 3. The van der Waals surface area contributed by atoms with Crippen molar-refractivity contribution in [3.8, 4) is 0 Å². The van der Waals surface area contributed by atoms with Crippen LogP contribution in [0.5, 0.6) is 0 Å². The highest BCUT2D eigenvalue weighted by atomic mass is 16.3. The molecule has 2 rings (SSSR count). The highest BCUT2D eigenvalue weighted by molar-refractivity contribution is 5.93. The molecule has 2 aromatic rings. The number of aliphatic hydroxyl groups is 1. The van der Waals surface area contributed by atoms with Crippen molar-refractivity contribution in [3.63, 3.8) is 0 Å². The Hall–Kier alpha value is -3.06. The van der Waals surface area contributed by atoms with Gasteiger partial charge in [-0.15, -0.1) is 0 Å². The molecule has 3 atom stereocenters. The lowest BCUT2D eigenvalue weighted by Gasteiger charge is -2.26. The average molecular weight is 426 g/mol. The second-order valence-corrected chi connectivity index (χ2v) is 7.68. The van der Waals surface area contributed by atoms with Gasteiger partial charge in [-0.2, -0.15) is 0 Å². The van der Waals surface area contributed by atoms with E-state index >= 15 is 0 Å². The third kappa shape index (κ3) is 7.94. The number of aryl methyl sites for hydroxylation is 1. The fourth-order valence-electron chi connectivity index (χ4n) is 3.26. The molecule has 2 amide bonds. The minimum atomic E-state index is -0.820. The van der Waals surface area contributed by atoms with Gasteiger partial charge in [0.15, 0.2) is 5.78 Å². The van der Waals surface area contributed by atoms with Crippen LogP contribution in [0.2, 0.25) is 0 Å². The summed E-state index contributed by atoms with van der Waals surface area (Å²) in [6, 6.07) is 11.6. The molecule has 0 aliphatic carbocycles. The number of hydrogen-bond acceptors (Lipinski definition) is 5. The SMILES string of the molecule is CC[C@H](C)[C@H](NC(=O)Cc1cccnc1)C(=O)N[C@@H](CCc1ccccc1)C(=O)CO. The standard InChI is InChI=1S/C24H31N3O4/c1-3-17(2)23(27-22(30)14-19-10-7-13-25-15-19)24(31)26-20(21(29)16-28)12-11-18-8-5-4-6-9-18/h4-10,13,15,17,20,23,28H,3,11-12,14,16H2,1-2H3,(H,26,31)(H,27,30)/t17-,20-,23-/m0/s1. The number of aromatic nitrogens is 1. The molecule has 0 radical (unpaired) electrons. The molecule has 7 heteroatoms. The van der Waals surface area contributed by atoms with Gasteiger partial charge in [0, 0.05) is 12.4 Å². The monoisotopic (exact) mass is 425 g/mol. The van der Waals surface area contributed by atoms with E-state index in [1.165, 1.54) is 0 Å². The van der Waals surface area contributed by atoms with E-state index in [9.17, 15) is 19.5 Å². The molecule has 0 fully saturated rings. The van der Waals surface area contributed by atoms with Crippen LogP contribution in [-0.4, -0.2) is 46.4 Å². The quantitative estimate of drug-likeness (QED) is 0.481. The first-order chi connectivity index (χ1) is 14.9. The first kappa shape index (κ1) is 24.2. The van der Waals surface area contributed by atoms with Gasteiger partial charge in [-0.3, -0.25) is 19.4 Å². The van der Waals surface area contributed by atoms with Crippen LogP contribution in [0.1, 0.15) is 37.8 Å². The molecule has 0 bridgehead atoms. The van der Waals surface area contributed by atoms with Crippen molar-refractivity contribution in [2.75, 3.05) is 6.61 Å². The molecule has 0 saturated carbocycles. The van der Waals surface area contributed by atoms with Gasteiger partial charge in [-0.05, 0) is 36.0 Å². The summed E-state index contributed by atoms with van der Waals surface area (Å²) in [6.45, 7) is 3.16. The second kappa shape index (κ2) is 12.6. The van der Waals surface area contributed by atoms with Gasteiger partial charge in [0.1, 0.15) is 12.6 Å². The molecule has 3 N–H and O–H groups in total. The Morgan fingerprint density at radius 1 is 1.03 bits per heavy atom. The zero-order valence-corrected chi connectivity index (χ0v) is 18.1. The van der Waals surface area contributed by atoms with Crippen LogP contribution in [0.15, 0.2) is 54.9 Å². The summed E-state index contributed by atoms with van der Waals surface area (Å²) in [5.74, 6) is -1.29. The zero-order valence-electron chi connectivity index (χ0n) is 18.1. The van der Waals surface area contributed by atoms with Gasteiger partial charge in [0.05, 0.1) is 12.5 Å². The van der Waals surface area contributed by atoms with E-state index in [-0.39, 0.29) is 18.2 Å². The lowest BCUT2D eigenvalue weighted by Crippen LogP contribution is -2.54. The molecule has 0 unspecified atom stereocenters. The highest BCUT2D eigenvalue weighted by Crippen LogP contribution is 2.11. The number of nitrogens with zero attached hydrogens (tertiary/aromatic N) is 1. The van der Waals surface area contributed by atoms with E-state index in [1.54, 1.807) is 24.5 Å². The molecular formula is C24H31N3O4. The molecule has 0 spiro atoms. The lowest BCUT2D eigenvalue weighted by molar-refractivity contribution is -0.133. The number of aliphatic hydroxyl groups excluding tert-OH is 1. The average Bonchev–Trinajstić information content (AvgIpc) is 2.80. The van der Waals surface area contributed by atoms with Crippen molar-refractivity contribution in [1.29, 1.82) is 0 Å². The van der Waals surface area contributed by atoms with Crippen molar-refractivity contribution in [3.05, 3.63) is 66.0 Å². The number of carbonyl (C=O) groups is 3. The maximum absolute atomic E-state index is 13.0. The Bertz CT molecular complexity index is 842. The van der Waals surface area contributed by atoms with Gasteiger partial charge in [0.25, 0.3) is 0 Å². The molecule has 1 heterocycles. The molecule has 0 saturated heterocycles. The van der Waals surface area contributed by atoms with E-state index in [0.29, 0.717) is 19.3 Å². The number of amides is 2. The van der Waals surface area contributed by atoms with Crippen LogP contribution in [0.4, 0.5) is 0 Å². The van der Waals surface area contributed by atoms with E-state index in [1.807, 2.05) is 44.2 Å². The van der Waals surface area contributed by atoms with Crippen LogP contribution >= 0.6 is 0 Å². The molecule has 0 aliphatic heterocycles. The molecule has 0 aliphatic rings. The Balaban J connectivity index is 2.04. The molecule has 31 heavy (non-hydrogen) atoms. The van der Waals surface area contributed by atoms with Crippen molar-refractivity contribution in [1.82, 2.24) is 15.6 Å². The minimum Gasteiger partial charge on any atom is -0.389 e. The zero-order chi connectivity index (χ0) is 22.6. The summed E-state index contributed by atoms with van der Waals surface area (Å²) in [5, 5.41) is 14.9. The first-order valence-electron chi connectivity index (χ1n) is 10.6. The predicted octanol–water partition coefficient (Wildman–Crippen LogP) is 1.83. The summed E-state index contributed by atoms with van der Waals surface area (Å²) in [4.78, 5) is 41.7.